The van der Waals surface area contributed by atoms with Crippen molar-refractivity contribution in [1.82, 2.24) is 0 Å². The van der Waals surface area contributed by atoms with Crippen LogP contribution in [0, 0.1) is 0 Å². The van der Waals surface area contributed by atoms with E-state index in [0.717, 1.165) is 0 Å². The molecule has 0 aromatic heterocycles. The van der Waals surface area contributed by atoms with Crippen molar-refractivity contribution in [2.45, 2.75) is 19.1 Å². The van der Waals surface area contributed by atoms with Crippen LogP contribution in [0.2, 0.25) is 0 Å². The summed E-state index contributed by atoms with van der Waals surface area (Å²) in [7, 11) is 1.33. The molecule has 1 aliphatic rings. The lowest BCUT2D eigenvalue weighted by molar-refractivity contribution is -0.187. The van der Waals surface area contributed by atoms with Crippen LogP contribution in [0.1, 0.15) is 12.8 Å². The van der Waals surface area contributed by atoms with Gasteiger partial charge in [0.1, 0.15) is 0 Å². The number of rotatable bonds is 1. The average Bonchev–Trinajstić information content (AvgIpc) is 1.94. The summed E-state index contributed by atoms with van der Waals surface area (Å²) in [5, 5.41) is 0. The zero-order valence-electron chi connectivity index (χ0n) is 5.62. The number of hydrogen-bond donors (Lipinski definition) is 0. The molecule has 0 aromatic carbocycles. The highest BCUT2D eigenvalue weighted by molar-refractivity contribution is 5.90. The molecular formula is C6H8O4. The molecule has 0 aliphatic carbocycles. The van der Waals surface area contributed by atoms with Crippen molar-refractivity contribution in [1.29, 1.82) is 0 Å². The van der Waals surface area contributed by atoms with Crippen molar-refractivity contribution in [2.24, 2.45) is 0 Å². The third-order valence-corrected chi connectivity index (χ3v) is 1.29. The molecule has 0 bridgehead atoms. The molecule has 10 heavy (non-hydrogen) atoms. The number of ether oxygens (including phenoxy) is 2. The smallest absolute Gasteiger partial charge is 0.308 e. The standard InChI is InChI=1S/C6H8O4/c1-9-6-4(7)2-3-5(8)10-6/h6H,2-3H2,1H3. The van der Waals surface area contributed by atoms with Crippen LogP contribution in [0.3, 0.4) is 0 Å². The molecule has 56 valence electrons. The molecule has 1 atom stereocenters. The van der Waals surface area contributed by atoms with Gasteiger partial charge in [-0.3, -0.25) is 9.59 Å². The van der Waals surface area contributed by atoms with Gasteiger partial charge in [-0.05, 0) is 0 Å². The van der Waals surface area contributed by atoms with E-state index in [2.05, 4.69) is 9.47 Å². The summed E-state index contributed by atoms with van der Waals surface area (Å²) in [6, 6.07) is 0. The van der Waals surface area contributed by atoms with Gasteiger partial charge in [0.05, 0.1) is 6.42 Å². The molecule has 0 radical (unpaired) electrons. The summed E-state index contributed by atoms with van der Waals surface area (Å²) in [6.07, 6.45) is -0.544. The third kappa shape index (κ3) is 1.33. The molecule has 4 heteroatoms. The third-order valence-electron chi connectivity index (χ3n) is 1.29. The van der Waals surface area contributed by atoms with Crippen LogP contribution in [0.15, 0.2) is 0 Å². The zero-order chi connectivity index (χ0) is 7.56. The maximum Gasteiger partial charge on any atom is 0.308 e. The van der Waals surface area contributed by atoms with Gasteiger partial charge < -0.3 is 9.47 Å². The van der Waals surface area contributed by atoms with Crippen molar-refractivity contribution in [3.63, 3.8) is 0 Å². The van der Waals surface area contributed by atoms with Gasteiger partial charge in [0, 0.05) is 13.5 Å². The number of carbonyl (C=O) groups is 2. The first-order valence-corrected chi connectivity index (χ1v) is 2.99. The quantitative estimate of drug-likeness (QED) is 0.481. The summed E-state index contributed by atoms with van der Waals surface area (Å²) in [6.45, 7) is 0. The van der Waals surface area contributed by atoms with Gasteiger partial charge in [0.2, 0.25) is 5.78 Å². The largest absolute Gasteiger partial charge is 0.428 e. The van der Waals surface area contributed by atoms with E-state index in [1.54, 1.807) is 0 Å². The molecule has 4 nitrogen and oxygen atoms in total. The first-order valence-electron chi connectivity index (χ1n) is 2.99. The van der Waals surface area contributed by atoms with E-state index in [4.69, 9.17) is 0 Å². The molecule has 1 unspecified atom stereocenters. The Balaban J connectivity index is 2.53. The molecular weight excluding hydrogens is 136 g/mol. The van der Waals surface area contributed by atoms with Crippen molar-refractivity contribution >= 4 is 11.8 Å². The van der Waals surface area contributed by atoms with Crippen LogP contribution in [-0.2, 0) is 19.1 Å². The van der Waals surface area contributed by atoms with E-state index < -0.39 is 6.29 Å². The van der Waals surface area contributed by atoms with Gasteiger partial charge in [-0.2, -0.15) is 0 Å². The van der Waals surface area contributed by atoms with E-state index in [9.17, 15) is 9.59 Å². The summed E-state index contributed by atoms with van der Waals surface area (Å²) in [5.74, 6) is -0.534. The Kier molecular flexibility index (Phi) is 2.01. The van der Waals surface area contributed by atoms with E-state index in [1.807, 2.05) is 0 Å². The van der Waals surface area contributed by atoms with Crippen molar-refractivity contribution in [3.05, 3.63) is 0 Å². The van der Waals surface area contributed by atoms with Gasteiger partial charge in [0.25, 0.3) is 6.29 Å². The van der Waals surface area contributed by atoms with E-state index in [-0.39, 0.29) is 24.6 Å². The highest BCUT2D eigenvalue weighted by Gasteiger charge is 2.27. The molecule has 0 spiro atoms. The number of methoxy groups -OCH3 is 1. The Morgan fingerprint density at radius 3 is 2.70 bits per heavy atom. The SMILES string of the molecule is COC1OC(=O)CCC1=O. The summed E-state index contributed by atoms with van der Waals surface area (Å²) in [5.41, 5.74) is 0. The number of ketones is 1. The summed E-state index contributed by atoms with van der Waals surface area (Å²) < 4.78 is 9.12. The summed E-state index contributed by atoms with van der Waals surface area (Å²) >= 11 is 0. The van der Waals surface area contributed by atoms with Crippen LogP contribution < -0.4 is 0 Å². The lowest BCUT2D eigenvalue weighted by atomic mass is 10.2. The zero-order valence-corrected chi connectivity index (χ0v) is 5.62. The van der Waals surface area contributed by atoms with Gasteiger partial charge >= 0.3 is 5.97 Å². The van der Waals surface area contributed by atoms with Crippen molar-refractivity contribution in [2.75, 3.05) is 7.11 Å². The Hall–Kier alpha value is -0.900. The lowest BCUT2D eigenvalue weighted by Crippen LogP contribution is -2.33. The van der Waals surface area contributed by atoms with Crippen LogP contribution in [0.4, 0.5) is 0 Å². The predicted octanol–water partition coefficient (Wildman–Crippen LogP) is -0.135. The fourth-order valence-corrected chi connectivity index (χ4v) is 0.767. The van der Waals surface area contributed by atoms with Crippen LogP contribution in [0.5, 0.6) is 0 Å². The van der Waals surface area contributed by atoms with Gasteiger partial charge in [-0.1, -0.05) is 0 Å². The molecule has 0 amide bonds. The first-order chi connectivity index (χ1) is 4.74. The normalized spacial score (nSPS) is 26.3. The highest BCUT2D eigenvalue weighted by Crippen LogP contribution is 2.10. The molecule has 1 aliphatic heterocycles. The van der Waals surface area contributed by atoms with E-state index >= 15 is 0 Å². The highest BCUT2D eigenvalue weighted by atomic mass is 16.7. The molecule has 1 saturated heterocycles. The lowest BCUT2D eigenvalue weighted by Gasteiger charge is -2.18. The minimum absolute atomic E-state index is 0.165. The van der Waals surface area contributed by atoms with Gasteiger partial charge in [-0.25, -0.2) is 0 Å². The summed E-state index contributed by atoms with van der Waals surface area (Å²) in [4.78, 5) is 21.3. The Labute approximate surface area is 58.1 Å². The second-order valence-electron chi connectivity index (χ2n) is 2.02. The van der Waals surface area contributed by atoms with Gasteiger partial charge in [0.15, 0.2) is 0 Å². The predicted molar refractivity (Wildman–Crippen MR) is 31.1 cm³/mol. The second-order valence-corrected chi connectivity index (χ2v) is 2.02. The van der Waals surface area contributed by atoms with Crippen molar-refractivity contribution in [3.8, 4) is 0 Å². The molecule has 0 saturated carbocycles. The molecule has 0 N–H and O–H groups in total. The molecule has 0 aromatic rings. The van der Waals surface area contributed by atoms with E-state index in [1.165, 1.54) is 7.11 Å². The van der Waals surface area contributed by atoms with Gasteiger partial charge in [-0.15, -0.1) is 0 Å². The van der Waals surface area contributed by atoms with Crippen LogP contribution in [0.25, 0.3) is 0 Å². The Morgan fingerprint density at radius 2 is 2.20 bits per heavy atom. The maximum absolute atomic E-state index is 10.8. The fraction of sp³-hybridized carbons (Fsp3) is 0.667. The Morgan fingerprint density at radius 1 is 1.50 bits per heavy atom. The topological polar surface area (TPSA) is 52.6 Å². The first kappa shape index (κ1) is 7.21. The number of cyclic esters (lactones) is 1. The van der Waals surface area contributed by atoms with Crippen molar-refractivity contribution < 1.29 is 19.1 Å². The maximum atomic E-state index is 10.8. The monoisotopic (exact) mass is 144 g/mol. The van der Waals surface area contributed by atoms with Crippen LogP contribution in [-0.4, -0.2) is 25.2 Å². The number of Topliss-reactive ketones (excluding diaryl/α,β-unsaturated/α-hetero) is 1. The minimum Gasteiger partial charge on any atom is -0.428 e. The minimum atomic E-state index is -0.957. The van der Waals surface area contributed by atoms with E-state index in [0.29, 0.717) is 0 Å². The fourth-order valence-electron chi connectivity index (χ4n) is 0.767. The molecule has 1 heterocycles. The molecule has 1 rings (SSSR count). The molecule has 1 fully saturated rings. The Bertz CT molecular complexity index is 163. The van der Waals surface area contributed by atoms with Crippen LogP contribution >= 0.6 is 0 Å². The second kappa shape index (κ2) is 2.79. The average molecular weight is 144 g/mol. The number of carbonyl (C=O) groups excluding carboxylic acids is 2. The number of esters is 1. The number of hydrogen-bond acceptors (Lipinski definition) is 4.